The number of hydrogen-bond acceptors (Lipinski definition) is 3. The molecule has 1 unspecified atom stereocenters. The minimum atomic E-state index is -1.75. The van der Waals surface area contributed by atoms with E-state index < -0.39 is 8.24 Å². The number of carbonyl (C=O) groups excluding carboxylic acids is 1. The van der Waals surface area contributed by atoms with Crippen molar-refractivity contribution < 1.29 is 4.79 Å². The molecular formula is C15H27N3OSi. The summed E-state index contributed by atoms with van der Waals surface area (Å²) in [7, 11) is -1.75. The molecule has 20 heavy (non-hydrogen) atoms. The quantitative estimate of drug-likeness (QED) is 0.814. The van der Waals surface area contributed by atoms with Gasteiger partial charge in [0.15, 0.2) is 8.24 Å². The van der Waals surface area contributed by atoms with Gasteiger partial charge in [-0.3, -0.25) is 4.79 Å². The largest absolute Gasteiger partial charge is 0.411 e. The van der Waals surface area contributed by atoms with Gasteiger partial charge in [0.2, 0.25) is 5.91 Å². The minimum Gasteiger partial charge on any atom is -0.411 e. The number of nitrogens with zero attached hydrogens (tertiary/aromatic N) is 2. The lowest BCUT2D eigenvalue weighted by Crippen LogP contribution is -2.54. The van der Waals surface area contributed by atoms with Gasteiger partial charge in [-0.2, -0.15) is 5.26 Å². The van der Waals surface area contributed by atoms with Crippen LogP contribution in [-0.2, 0) is 4.79 Å². The summed E-state index contributed by atoms with van der Waals surface area (Å²) < 4.78 is 0. The Labute approximate surface area is 123 Å². The molecule has 0 spiro atoms. The molecule has 0 aliphatic carbocycles. The summed E-state index contributed by atoms with van der Waals surface area (Å²) in [6.07, 6.45) is 0.835. The fourth-order valence-corrected chi connectivity index (χ4v) is 3.62. The van der Waals surface area contributed by atoms with Crippen LogP contribution in [0.4, 0.5) is 0 Å². The second-order valence-electron chi connectivity index (χ2n) is 7.07. The molecule has 4 nitrogen and oxygen atoms in total. The van der Waals surface area contributed by atoms with Crippen LogP contribution in [-0.4, -0.2) is 31.6 Å². The molecule has 1 aliphatic rings. The normalized spacial score (nSPS) is 20.1. The molecule has 1 rings (SSSR count). The van der Waals surface area contributed by atoms with E-state index in [-0.39, 0.29) is 17.0 Å². The third-order valence-electron chi connectivity index (χ3n) is 4.61. The number of amides is 1. The average Bonchev–Trinajstić information content (AvgIpc) is 2.64. The molecule has 0 aromatic carbocycles. The van der Waals surface area contributed by atoms with Gasteiger partial charge in [0, 0.05) is 12.6 Å². The maximum absolute atomic E-state index is 11.8. The Balaban J connectivity index is 3.13. The van der Waals surface area contributed by atoms with Gasteiger partial charge in [0.1, 0.15) is 0 Å². The van der Waals surface area contributed by atoms with Crippen molar-refractivity contribution in [3.8, 4) is 6.07 Å². The van der Waals surface area contributed by atoms with Crippen LogP contribution in [0.25, 0.3) is 0 Å². The fraction of sp³-hybridized carbons (Fsp3) is 0.733. The third-order valence-corrected chi connectivity index (χ3v) is 9.26. The SMILES string of the molecule is CCC1C(N[Si](C)(C)C(C)(C)C)=C(C#N)CN1C(C)=O. The zero-order valence-electron chi connectivity index (χ0n) is 13.8. The molecule has 0 aromatic rings. The molecule has 5 heteroatoms. The van der Waals surface area contributed by atoms with Crippen molar-refractivity contribution in [3.63, 3.8) is 0 Å². The van der Waals surface area contributed by atoms with Crippen LogP contribution < -0.4 is 4.98 Å². The highest BCUT2D eigenvalue weighted by Crippen LogP contribution is 2.36. The molecule has 0 radical (unpaired) electrons. The minimum absolute atomic E-state index is 0.0243. The van der Waals surface area contributed by atoms with Crippen LogP contribution in [0.5, 0.6) is 0 Å². The summed E-state index contributed by atoms with van der Waals surface area (Å²) in [5, 5.41) is 9.56. The first-order chi connectivity index (χ1) is 9.05. The Hall–Kier alpha value is -1.28. The summed E-state index contributed by atoms with van der Waals surface area (Å²) in [6.45, 7) is 15.3. The molecule has 0 bridgehead atoms. The Morgan fingerprint density at radius 2 is 2.05 bits per heavy atom. The molecule has 0 fully saturated rings. The van der Waals surface area contributed by atoms with Crippen molar-refractivity contribution in [1.29, 1.82) is 5.26 Å². The monoisotopic (exact) mass is 293 g/mol. The van der Waals surface area contributed by atoms with Crippen molar-refractivity contribution in [2.75, 3.05) is 6.54 Å². The summed E-state index contributed by atoms with van der Waals surface area (Å²) >= 11 is 0. The standard InChI is InChI=1S/C15H27N3OSi/c1-8-13-14(17-20(6,7)15(3,4)5)12(9-16)10-18(13)11(2)19/h13,17H,8,10H2,1-7H3. The van der Waals surface area contributed by atoms with Gasteiger partial charge in [-0.05, 0) is 11.5 Å². The number of hydrogen-bond donors (Lipinski definition) is 1. The zero-order valence-corrected chi connectivity index (χ0v) is 14.8. The van der Waals surface area contributed by atoms with E-state index in [1.807, 2.05) is 0 Å². The van der Waals surface area contributed by atoms with Crippen molar-refractivity contribution in [2.45, 2.75) is 65.2 Å². The van der Waals surface area contributed by atoms with Crippen molar-refractivity contribution in [2.24, 2.45) is 0 Å². The first kappa shape index (κ1) is 16.8. The van der Waals surface area contributed by atoms with Crippen molar-refractivity contribution in [3.05, 3.63) is 11.3 Å². The number of carbonyl (C=O) groups is 1. The lowest BCUT2D eigenvalue weighted by molar-refractivity contribution is -0.129. The second kappa shape index (κ2) is 5.61. The zero-order chi connectivity index (χ0) is 15.7. The van der Waals surface area contributed by atoms with Crippen LogP contribution in [0.15, 0.2) is 11.3 Å². The van der Waals surface area contributed by atoms with Crippen LogP contribution >= 0.6 is 0 Å². The maximum Gasteiger partial charge on any atom is 0.220 e. The van der Waals surface area contributed by atoms with Crippen LogP contribution in [0.1, 0.15) is 41.0 Å². The van der Waals surface area contributed by atoms with Gasteiger partial charge < -0.3 is 9.88 Å². The van der Waals surface area contributed by atoms with E-state index in [9.17, 15) is 10.1 Å². The van der Waals surface area contributed by atoms with Crippen LogP contribution in [0.2, 0.25) is 18.1 Å². The van der Waals surface area contributed by atoms with Gasteiger partial charge in [-0.15, -0.1) is 0 Å². The van der Waals surface area contributed by atoms with Crippen molar-refractivity contribution in [1.82, 2.24) is 9.88 Å². The van der Waals surface area contributed by atoms with Gasteiger partial charge in [0.05, 0.1) is 24.2 Å². The Morgan fingerprint density at radius 3 is 2.40 bits per heavy atom. The summed E-state index contributed by atoms with van der Waals surface area (Å²) in [4.78, 5) is 17.2. The predicted octanol–water partition coefficient (Wildman–Crippen LogP) is 3.00. The lowest BCUT2D eigenvalue weighted by Gasteiger charge is -2.40. The summed E-state index contributed by atoms with van der Waals surface area (Å²) in [5.41, 5.74) is 1.70. The number of nitriles is 1. The molecule has 1 atom stereocenters. The topological polar surface area (TPSA) is 56.1 Å². The average molecular weight is 293 g/mol. The highest BCUT2D eigenvalue weighted by Gasteiger charge is 2.41. The second-order valence-corrected chi connectivity index (χ2v) is 12.1. The van der Waals surface area contributed by atoms with Crippen LogP contribution in [0.3, 0.4) is 0 Å². The van der Waals surface area contributed by atoms with Crippen molar-refractivity contribution >= 4 is 14.1 Å². The smallest absolute Gasteiger partial charge is 0.220 e. The molecule has 0 saturated heterocycles. The highest BCUT2D eigenvalue weighted by atomic mass is 28.3. The first-order valence-corrected chi connectivity index (χ1v) is 10.2. The maximum atomic E-state index is 11.8. The van der Waals surface area contributed by atoms with Crippen LogP contribution in [0, 0.1) is 11.3 Å². The molecule has 112 valence electrons. The van der Waals surface area contributed by atoms with E-state index in [0.29, 0.717) is 6.54 Å². The Morgan fingerprint density at radius 1 is 1.50 bits per heavy atom. The summed E-state index contributed by atoms with van der Waals surface area (Å²) in [6, 6.07) is 2.31. The van der Waals surface area contributed by atoms with Gasteiger partial charge in [-0.1, -0.05) is 40.8 Å². The molecule has 0 aromatic heterocycles. The molecule has 1 N–H and O–H groups in total. The molecule has 1 heterocycles. The first-order valence-electron chi connectivity index (χ1n) is 7.23. The van der Waals surface area contributed by atoms with E-state index in [1.165, 1.54) is 0 Å². The number of rotatable bonds is 3. The Bertz CT molecular complexity index is 468. The van der Waals surface area contributed by atoms with E-state index in [4.69, 9.17) is 0 Å². The van der Waals surface area contributed by atoms with Gasteiger partial charge in [0.25, 0.3) is 0 Å². The van der Waals surface area contributed by atoms with E-state index in [0.717, 1.165) is 17.7 Å². The van der Waals surface area contributed by atoms with Gasteiger partial charge >= 0.3 is 0 Å². The predicted molar refractivity (Wildman–Crippen MR) is 84.4 cm³/mol. The Kier molecular flexibility index (Phi) is 4.70. The van der Waals surface area contributed by atoms with E-state index in [2.05, 4.69) is 51.8 Å². The molecule has 1 aliphatic heterocycles. The fourth-order valence-electron chi connectivity index (χ4n) is 2.26. The number of nitrogens with one attached hydrogen (secondary N) is 1. The van der Waals surface area contributed by atoms with Gasteiger partial charge in [-0.25, -0.2) is 0 Å². The summed E-state index contributed by atoms with van der Waals surface area (Å²) in [5.74, 6) is 0.0385. The molecule has 0 saturated carbocycles. The highest BCUT2D eigenvalue weighted by molar-refractivity contribution is 6.78. The molecule has 1 amide bonds. The van der Waals surface area contributed by atoms with E-state index in [1.54, 1.807) is 11.8 Å². The lowest BCUT2D eigenvalue weighted by atomic mass is 10.1. The van der Waals surface area contributed by atoms with E-state index >= 15 is 0 Å². The molecular weight excluding hydrogens is 266 g/mol. The third kappa shape index (κ3) is 3.06.